The molecule has 1 saturated heterocycles. The molecule has 2 atom stereocenters. The van der Waals surface area contributed by atoms with Crippen LogP contribution >= 0.6 is 0 Å². The zero-order valence-corrected chi connectivity index (χ0v) is 14.8. The SMILES string of the molecule is COc1ccc(C(c2ccc(F)cc2F)N2CCCC(C(=O)O)C2)cc1F. The van der Waals surface area contributed by atoms with Gasteiger partial charge in [0.05, 0.1) is 19.1 Å². The van der Waals surface area contributed by atoms with Gasteiger partial charge in [-0.2, -0.15) is 0 Å². The number of benzene rings is 2. The predicted octanol–water partition coefficient (Wildman–Crippen LogP) is 4.00. The first-order valence-electron chi connectivity index (χ1n) is 8.66. The Morgan fingerprint density at radius 2 is 1.96 bits per heavy atom. The van der Waals surface area contributed by atoms with Gasteiger partial charge in [-0.1, -0.05) is 12.1 Å². The lowest BCUT2D eigenvalue weighted by molar-refractivity contribution is -0.143. The molecule has 1 heterocycles. The number of piperidine rings is 1. The predicted molar refractivity (Wildman–Crippen MR) is 93.1 cm³/mol. The minimum atomic E-state index is -0.918. The van der Waals surface area contributed by atoms with Crippen LogP contribution in [0.4, 0.5) is 13.2 Å². The van der Waals surface area contributed by atoms with Crippen molar-refractivity contribution < 1.29 is 27.8 Å². The lowest BCUT2D eigenvalue weighted by atomic mass is 9.91. The summed E-state index contributed by atoms with van der Waals surface area (Å²) in [5, 5.41) is 9.36. The second-order valence-corrected chi connectivity index (χ2v) is 6.63. The van der Waals surface area contributed by atoms with E-state index >= 15 is 0 Å². The molecule has 4 nitrogen and oxygen atoms in total. The molecule has 0 aliphatic carbocycles. The Kier molecular flexibility index (Phi) is 5.70. The van der Waals surface area contributed by atoms with Crippen molar-refractivity contribution in [1.82, 2.24) is 4.90 Å². The summed E-state index contributed by atoms with van der Waals surface area (Å²) in [5.41, 5.74) is 0.622. The molecule has 2 unspecified atom stereocenters. The van der Waals surface area contributed by atoms with Crippen molar-refractivity contribution in [2.24, 2.45) is 5.92 Å². The molecule has 0 radical (unpaired) electrons. The molecule has 2 aromatic rings. The molecule has 1 aliphatic heterocycles. The first-order valence-corrected chi connectivity index (χ1v) is 8.66. The fourth-order valence-corrected chi connectivity index (χ4v) is 3.61. The molecule has 0 bridgehead atoms. The Bertz CT molecular complexity index is 843. The molecule has 7 heteroatoms. The van der Waals surface area contributed by atoms with Crippen molar-refractivity contribution in [2.45, 2.75) is 18.9 Å². The number of likely N-dealkylation sites (tertiary alicyclic amines) is 1. The van der Waals surface area contributed by atoms with Crippen LogP contribution in [0.2, 0.25) is 0 Å². The van der Waals surface area contributed by atoms with Crippen LogP contribution in [-0.4, -0.2) is 36.2 Å². The number of carboxylic acids is 1. The number of carbonyl (C=O) groups is 1. The minimum absolute atomic E-state index is 0.0548. The molecule has 2 aromatic carbocycles. The number of rotatable bonds is 5. The molecule has 27 heavy (non-hydrogen) atoms. The number of halogens is 3. The number of nitrogens with zero attached hydrogens (tertiary/aromatic N) is 1. The van der Waals surface area contributed by atoms with Gasteiger partial charge in [-0.05, 0) is 43.1 Å². The van der Waals surface area contributed by atoms with Crippen LogP contribution < -0.4 is 4.74 Å². The van der Waals surface area contributed by atoms with Crippen molar-refractivity contribution in [3.05, 3.63) is 65.0 Å². The zero-order chi connectivity index (χ0) is 19.6. The smallest absolute Gasteiger partial charge is 0.307 e. The lowest BCUT2D eigenvalue weighted by Gasteiger charge is -2.37. The highest BCUT2D eigenvalue weighted by Crippen LogP contribution is 2.35. The Labute approximate surface area is 155 Å². The standard InChI is InChI=1S/C20H20F3NO3/c1-27-18-7-4-12(9-17(18)23)19(15-6-5-14(21)10-16(15)22)24-8-2-3-13(11-24)20(25)26/h4-7,9-10,13,19H,2-3,8,11H2,1H3,(H,25,26). The highest BCUT2D eigenvalue weighted by molar-refractivity contribution is 5.70. The molecular formula is C20H20F3NO3. The van der Waals surface area contributed by atoms with Gasteiger partial charge in [-0.25, -0.2) is 13.2 Å². The van der Waals surface area contributed by atoms with E-state index in [1.165, 1.54) is 25.3 Å². The Morgan fingerprint density at radius 3 is 2.59 bits per heavy atom. The van der Waals surface area contributed by atoms with E-state index < -0.39 is 35.4 Å². The van der Waals surface area contributed by atoms with E-state index in [0.717, 1.165) is 12.1 Å². The molecule has 0 aromatic heterocycles. The summed E-state index contributed by atoms with van der Waals surface area (Å²) in [6.45, 7) is 0.726. The van der Waals surface area contributed by atoms with Crippen molar-refractivity contribution in [2.75, 3.05) is 20.2 Å². The second kappa shape index (κ2) is 8.00. The Morgan fingerprint density at radius 1 is 1.19 bits per heavy atom. The summed E-state index contributed by atoms with van der Waals surface area (Å²) in [4.78, 5) is 13.2. The van der Waals surface area contributed by atoms with Crippen molar-refractivity contribution >= 4 is 5.97 Å². The number of methoxy groups -OCH3 is 1. The maximum Gasteiger partial charge on any atom is 0.307 e. The molecule has 1 aliphatic rings. The van der Waals surface area contributed by atoms with Crippen LogP contribution in [0.25, 0.3) is 0 Å². The molecule has 0 spiro atoms. The number of carboxylic acid groups (broad SMARTS) is 1. The van der Waals surface area contributed by atoms with Gasteiger partial charge in [-0.15, -0.1) is 0 Å². The number of hydrogen-bond donors (Lipinski definition) is 1. The van der Waals surface area contributed by atoms with E-state index in [0.29, 0.717) is 24.9 Å². The average molecular weight is 379 g/mol. The van der Waals surface area contributed by atoms with Gasteiger partial charge in [0.15, 0.2) is 11.6 Å². The summed E-state index contributed by atoms with van der Waals surface area (Å²) >= 11 is 0. The van der Waals surface area contributed by atoms with Crippen molar-refractivity contribution in [3.63, 3.8) is 0 Å². The first kappa shape index (κ1) is 19.2. The number of aliphatic carboxylic acids is 1. The largest absolute Gasteiger partial charge is 0.494 e. The second-order valence-electron chi connectivity index (χ2n) is 6.63. The maximum absolute atomic E-state index is 14.5. The third kappa shape index (κ3) is 4.08. The van der Waals surface area contributed by atoms with E-state index in [2.05, 4.69) is 0 Å². The van der Waals surface area contributed by atoms with E-state index in [1.807, 2.05) is 0 Å². The molecule has 1 fully saturated rings. The molecular weight excluding hydrogens is 359 g/mol. The van der Waals surface area contributed by atoms with E-state index in [4.69, 9.17) is 4.74 Å². The fourth-order valence-electron chi connectivity index (χ4n) is 3.61. The van der Waals surface area contributed by atoms with Gasteiger partial charge in [-0.3, -0.25) is 9.69 Å². The van der Waals surface area contributed by atoms with Gasteiger partial charge in [0.2, 0.25) is 0 Å². The molecule has 1 N–H and O–H groups in total. The first-order chi connectivity index (χ1) is 12.9. The van der Waals surface area contributed by atoms with Crippen LogP contribution in [0.15, 0.2) is 36.4 Å². The van der Waals surface area contributed by atoms with Gasteiger partial charge in [0.25, 0.3) is 0 Å². The zero-order valence-electron chi connectivity index (χ0n) is 14.8. The highest BCUT2D eigenvalue weighted by Gasteiger charge is 2.33. The summed E-state index contributed by atoms with van der Waals surface area (Å²) in [5.74, 6) is -3.52. The third-order valence-electron chi connectivity index (χ3n) is 4.92. The summed E-state index contributed by atoms with van der Waals surface area (Å²) in [6.07, 6.45) is 1.15. The van der Waals surface area contributed by atoms with E-state index in [-0.39, 0.29) is 17.9 Å². The molecule has 0 saturated carbocycles. The topological polar surface area (TPSA) is 49.8 Å². The average Bonchev–Trinajstić information content (AvgIpc) is 2.64. The van der Waals surface area contributed by atoms with E-state index in [9.17, 15) is 23.1 Å². The third-order valence-corrected chi connectivity index (χ3v) is 4.92. The molecule has 3 rings (SSSR count). The van der Waals surface area contributed by atoms with Gasteiger partial charge < -0.3 is 9.84 Å². The summed E-state index contributed by atoms with van der Waals surface area (Å²) in [7, 11) is 1.34. The Balaban J connectivity index is 2.06. The lowest BCUT2D eigenvalue weighted by Crippen LogP contribution is -2.41. The van der Waals surface area contributed by atoms with Crippen molar-refractivity contribution in [1.29, 1.82) is 0 Å². The molecule has 144 valence electrons. The van der Waals surface area contributed by atoms with Crippen LogP contribution in [0.3, 0.4) is 0 Å². The van der Waals surface area contributed by atoms with Gasteiger partial charge in [0.1, 0.15) is 11.6 Å². The van der Waals surface area contributed by atoms with Crippen LogP contribution in [0.5, 0.6) is 5.75 Å². The number of hydrogen-bond acceptors (Lipinski definition) is 3. The quantitative estimate of drug-likeness (QED) is 0.853. The monoisotopic (exact) mass is 379 g/mol. The summed E-state index contributed by atoms with van der Waals surface area (Å²) in [6, 6.07) is 6.81. The minimum Gasteiger partial charge on any atom is -0.494 e. The van der Waals surface area contributed by atoms with Crippen molar-refractivity contribution in [3.8, 4) is 5.75 Å². The van der Waals surface area contributed by atoms with Gasteiger partial charge in [0, 0.05) is 18.2 Å². The van der Waals surface area contributed by atoms with Crippen LogP contribution in [0.1, 0.15) is 30.0 Å². The normalized spacial score (nSPS) is 18.9. The van der Waals surface area contributed by atoms with E-state index in [1.54, 1.807) is 11.0 Å². The fraction of sp³-hybridized carbons (Fsp3) is 0.350. The highest BCUT2D eigenvalue weighted by atomic mass is 19.1. The number of ether oxygens (including phenoxy) is 1. The maximum atomic E-state index is 14.5. The molecule has 0 amide bonds. The van der Waals surface area contributed by atoms with Gasteiger partial charge >= 0.3 is 5.97 Å². The van der Waals surface area contributed by atoms with Crippen LogP contribution in [-0.2, 0) is 4.79 Å². The van der Waals surface area contributed by atoms with Crippen LogP contribution in [0, 0.1) is 23.4 Å². The summed E-state index contributed by atoms with van der Waals surface area (Å²) < 4.78 is 47.1. The Hall–Kier alpha value is -2.54.